The summed E-state index contributed by atoms with van der Waals surface area (Å²) in [5.41, 5.74) is -1.49. The van der Waals surface area contributed by atoms with Gasteiger partial charge in [-0.25, -0.2) is 9.18 Å². The van der Waals surface area contributed by atoms with E-state index in [1.807, 2.05) is 30.3 Å². The van der Waals surface area contributed by atoms with Gasteiger partial charge in [-0.3, -0.25) is 0 Å². The average molecular weight is 283 g/mol. The zero-order chi connectivity index (χ0) is 14.9. The Morgan fingerprint density at radius 2 is 1.71 bits per heavy atom. The number of halogens is 1. The molecule has 0 fully saturated rings. The lowest BCUT2D eigenvalue weighted by atomic mass is 9.95. The predicted molar refractivity (Wildman–Crippen MR) is 78.8 cm³/mol. The number of carboxylic acids is 1. The molecule has 21 heavy (non-hydrogen) atoms. The number of aromatic nitrogens is 1. The molecule has 1 aromatic heterocycles. The third-order valence-electron chi connectivity index (χ3n) is 3.64. The number of nitrogens with zero attached hydrogens (tertiary/aromatic N) is 1. The van der Waals surface area contributed by atoms with Gasteiger partial charge in [0.25, 0.3) is 0 Å². The number of carbonyl (C=O) groups is 1. The van der Waals surface area contributed by atoms with Crippen molar-refractivity contribution in [3.63, 3.8) is 0 Å². The number of hydrogen-bond donors (Lipinski definition) is 1. The Morgan fingerprint density at radius 3 is 2.43 bits per heavy atom. The van der Waals surface area contributed by atoms with Crippen molar-refractivity contribution in [3.05, 3.63) is 72.4 Å². The van der Waals surface area contributed by atoms with Crippen LogP contribution in [0.3, 0.4) is 0 Å². The standard InChI is InChI=1S/C17H14FNO2/c18-17(16(20)21,14-7-2-1-3-8-14)12-19-11-10-13-6-4-5-9-15(13)19/h1-11H,12H2,(H,20,21). The Morgan fingerprint density at radius 1 is 1.05 bits per heavy atom. The zero-order valence-electron chi connectivity index (χ0n) is 11.2. The van der Waals surface area contributed by atoms with E-state index in [2.05, 4.69) is 0 Å². The fourth-order valence-electron chi connectivity index (χ4n) is 2.50. The molecule has 2 aromatic carbocycles. The highest BCUT2D eigenvalue weighted by Crippen LogP contribution is 2.30. The second-order valence-electron chi connectivity index (χ2n) is 4.97. The van der Waals surface area contributed by atoms with Crippen LogP contribution in [-0.4, -0.2) is 15.6 Å². The summed E-state index contributed by atoms with van der Waals surface area (Å²) in [5.74, 6) is -1.48. The number of aliphatic carboxylic acids is 1. The van der Waals surface area contributed by atoms with Gasteiger partial charge in [0, 0.05) is 17.3 Å². The molecule has 1 unspecified atom stereocenters. The largest absolute Gasteiger partial charge is 0.479 e. The lowest BCUT2D eigenvalue weighted by Crippen LogP contribution is -2.35. The minimum Gasteiger partial charge on any atom is -0.479 e. The third kappa shape index (κ3) is 2.29. The summed E-state index contributed by atoms with van der Waals surface area (Å²) >= 11 is 0. The van der Waals surface area contributed by atoms with Crippen molar-refractivity contribution in [2.24, 2.45) is 0 Å². The molecule has 1 atom stereocenters. The number of benzene rings is 2. The molecule has 3 aromatic rings. The molecule has 4 heteroatoms. The SMILES string of the molecule is O=C(O)C(F)(Cn1ccc2ccccc21)c1ccccc1. The van der Waals surface area contributed by atoms with E-state index in [4.69, 9.17) is 0 Å². The molecule has 0 radical (unpaired) electrons. The van der Waals surface area contributed by atoms with Gasteiger partial charge in [0.05, 0.1) is 6.54 Å². The molecule has 106 valence electrons. The van der Waals surface area contributed by atoms with Crippen molar-refractivity contribution in [2.75, 3.05) is 0 Å². The van der Waals surface area contributed by atoms with E-state index in [9.17, 15) is 9.90 Å². The summed E-state index contributed by atoms with van der Waals surface area (Å²) in [4.78, 5) is 11.5. The molecule has 0 aliphatic carbocycles. The normalized spacial score (nSPS) is 14.0. The monoisotopic (exact) mass is 283 g/mol. The van der Waals surface area contributed by atoms with E-state index in [0.717, 1.165) is 10.9 Å². The van der Waals surface area contributed by atoms with Gasteiger partial charge in [-0.1, -0.05) is 48.5 Å². The fourth-order valence-corrected chi connectivity index (χ4v) is 2.50. The number of rotatable bonds is 4. The van der Waals surface area contributed by atoms with Crippen molar-refractivity contribution < 1.29 is 14.3 Å². The number of carboxylic acid groups (broad SMARTS) is 1. The second kappa shape index (κ2) is 5.05. The fraction of sp³-hybridized carbons (Fsp3) is 0.118. The summed E-state index contributed by atoms with van der Waals surface area (Å²) in [5, 5.41) is 10.3. The Kier molecular flexibility index (Phi) is 3.22. The zero-order valence-corrected chi connectivity index (χ0v) is 11.2. The first-order valence-corrected chi connectivity index (χ1v) is 6.63. The number of para-hydroxylation sites is 1. The summed E-state index contributed by atoms with van der Waals surface area (Å²) in [6.45, 7) is -0.264. The average Bonchev–Trinajstić information content (AvgIpc) is 2.91. The Hall–Kier alpha value is -2.62. The maximum absolute atomic E-state index is 15.1. The first-order valence-electron chi connectivity index (χ1n) is 6.63. The van der Waals surface area contributed by atoms with Crippen LogP contribution in [0.15, 0.2) is 66.9 Å². The van der Waals surface area contributed by atoms with Gasteiger partial charge in [0.15, 0.2) is 0 Å². The molecular weight excluding hydrogens is 269 g/mol. The molecule has 0 bridgehead atoms. The first kappa shape index (κ1) is 13.4. The molecule has 0 aliphatic rings. The summed E-state index contributed by atoms with van der Waals surface area (Å²) in [6, 6.07) is 17.4. The maximum Gasteiger partial charge on any atom is 0.348 e. The van der Waals surface area contributed by atoms with Crippen LogP contribution >= 0.6 is 0 Å². The van der Waals surface area contributed by atoms with Crippen LogP contribution in [0.4, 0.5) is 4.39 Å². The van der Waals surface area contributed by atoms with E-state index < -0.39 is 11.6 Å². The number of alkyl halides is 1. The molecular formula is C17H14FNO2. The highest BCUT2D eigenvalue weighted by Gasteiger charge is 2.41. The summed E-state index contributed by atoms with van der Waals surface area (Å²) < 4.78 is 16.8. The smallest absolute Gasteiger partial charge is 0.348 e. The molecule has 1 N–H and O–H groups in total. The second-order valence-corrected chi connectivity index (χ2v) is 4.97. The molecule has 0 saturated carbocycles. The van der Waals surface area contributed by atoms with E-state index in [1.165, 1.54) is 12.1 Å². The van der Waals surface area contributed by atoms with Gasteiger partial charge >= 0.3 is 5.97 Å². The van der Waals surface area contributed by atoms with Gasteiger partial charge < -0.3 is 9.67 Å². The molecule has 1 heterocycles. The highest BCUT2D eigenvalue weighted by molar-refractivity contribution is 5.82. The van der Waals surface area contributed by atoms with Crippen molar-refractivity contribution in [3.8, 4) is 0 Å². The van der Waals surface area contributed by atoms with E-state index in [1.54, 1.807) is 29.0 Å². The maximum atomic E-state index is 15.1. The first-order chi connectivity index (χ1) is 10.1. The van der Waals surface area contributed by atoms with Crippen LogP contribution in [-0.2, 0) is 17.0 Å². The quantitative estimate of drug-likeness (QED) is 0.795. The molecule has 0 amide bonds. The van der Waals surface area contributed by atoms with Crippen LogP contribution in [0.25, 0.3) is 10.9 Å². The molecule has 0 spiro atoms. The topological polar surface area (TPSA) is 42.2 Å². The lowest BCUT2D eigenvalue weighted by Gasteiger charge is -2.22. The lowest BCUT2D eigenvalue weighted by molar-refractivity contribution is -0.152. The minimum atomic E-state index is -2.46. The Labute approximate surface area is 121 Å². The van der Waals surface area contributed by atoms with Crippen molar-refractivity contribution in [1.82, 2.24) is 4.57 Å². The van der Waals surface area contributed by atoms with Crippen LogP contribution in [0, 0.1) is 0 Å². The van der Waals surface area contributed by atoms with Crippen LogP contribution in [0.1, 0.15) is 5.56 Å². The van der Waals surface area contributed by atoms with Crippen LogP contribution < -0.4 is 0 Å². The van der Waals surface area contributed by atoms with Crippen LogP contribution in [0.2, 0.25) is 0 Å². The molecule has 3 nitrogen and oxygen atoms in total. The van der Waals surface area contributed by atoms with E-state index in [-0.39, 0.29) is 12.1 Å². The van der Waals surface area contributed by atoms with Crippen molar-refractivity contribution in [2.45, 2.75) is 12.2 Å². The number of hydrogen-bond acceptors (Lipinski definition) is 1. The van der Waals surface area contributed by atoms with Crippen molar-refractivity contribution in [1.29, 1.82) is 0 Å². The third-order valence-corrected chi connectivity index (χ3v) is 3.64. The van der Waals surface area contributed by atoms with Crippen molar-refractivity contribution >= 4 is 16.9 Å². The summed E-state index contributed by atoms with van der Waals surface area (Å²) in [7, 11) is 0. The molecule has 0 saturated heterocycles. The number of fused-ring (bicyclic) bond motifs is 1. The Balaban J connectivity index is 2.06. The molecule has 3 rings (SSSR count). The van der Waals surface area contributed by atoms with E-state index >= 15 is 4.39 Å². The molecule has 0 aliphatic heterocycles. The van der Waals surface area contributed by atoms with E-state index in [0.29, 0.717) is 0 Å². The highest BCUT2D eigenvalue weighted by atomic mass is 19.1. The summed E-state index contributed by atoms with van der Waals surface area (Å²) in [6.07, 6.45) is 1.71. The van der Waals surface area contributed by atoms with Gasteiger partial charge in [-0.2, -0.15) is 0 Å². The predicted octanol–water partition coefficient (Wildman–Crippen LogP) is 3.59. The Bertz CT molecular complexity index is 782. The minimum absolute atomic E-state index is 0.148. The van der Waals surface area contributed by atoms with Gasteiger partial charge in [0.1, 0.15) is 0 Å². The van der Waals surface area contributed by atoms with Gasteiger partial charge in [0.2, 0.25) is 5.67 Å². The van der Waals surface area contributed by atoms with Gasteiger partial charge in [-0.05, 0) is 17.5 Å². The van der Waals surface area contributed by atoms with Gasteiger partial charge in [-0.15, -0.1) is 0 Å². The van der Waals surface area contributed by atoms with Crippen LogP contribution in [0.5, 0.6) is 0 Å².